The summed E-state index contributed by atoms with van der Waals surface area (Å²) in [6.07, 6.45) is 0. The smallest absolute Gasteiger partial charge is 0.264 e. The highest BCUT2D eigenvalue weighted by Crippen LogP contribution is 2.30. The Labute approximate surface area is 214 Å². The third-order valence-corrected chi connectivity index (χ3v) is 8.34. The van der Waals surface area contributed by atoms with Crippen LogP contribution in [0.25, 0.3) is 0 Å². The third kappa shape index (κ3) is 5.33. The number of hydrogen-bond donors (Lipinski definition) is 0. The van der Waals surface area contributed by atoms with Gasteiger partial charge in [-0.15, -0.1) is 0 Å². The number of para-hydroxylation sites is 2. The number of methoxy groups -OCH3 is 1. The lowest BCUT2D eigenvalue weighted by Crippen LogP contribution is -2.52. The van der Waals surface area contributed by atoms with Crippen molar-refractivity contribution >= 4 is 27.3 Å². The van der Waals surface area contributed by atoms with Gasteiger partial charge in [-0.2, -0.15) is 0 Å². The summed E-state index contributed by atoms with van der Waals surface area (Å²) in [6.45, 7) is 7.77. The van der Waals surface area contributed by atoms with Gasteiger partial charge in [-0.05, 0) is 56.7 Å². The van der Waals surface area contributed by atoms with Gasteiger partial charge in [0.15, 0.2) is 0 Å². The summed E-state index contributed by atoms with van der Waals surface area (Å²) in [7, 11) is -2.30. The van der Waals surface area contributed by atoms with Gasteiger partial charge in [0.2, 0.25) is 5.91 Å². The van der Waals surface area contributed by atoms with Crippen molar-refractivity contribution in [2.75, 3.05) is 49.0 Å². The number of nitrogens with zero attached hydrogens (tertiary/aromatic N) is 3. The van der Waals surface area contributed by atoms with Crippen LogP contribution >= 0.6 is 0 Å². The van der Waals surface area contributed by atoms with Crippen LogP contribution in [-0.4, -0.2) is 59.1 Å². The Kier molecular flexibility index (Phi) is 7.54. The van der Waals surface area contributed by atoms with Crippen molar-refractivity contribution in [2.24, 2.45) is 0 Å². The van der Waals surface area contributed by atoms with E-state index in [1.807, 2.05) is 57.2 Å². The number of carbonyl (C=O) groups excluding carboxylic acids is 1. The molecule has 1 heterocycles. The molecule has 0 spiro atoms. The first kappa shape index (κ1) is 25.6. The second-order valence-electron chi connectivity index (χ2n) is 9.15. The quantitative estimate of drug-likeness (QED) is 0.480. The summed E-state index contributed by atoms with van der Waals surface area (Å²) in [5, 5.41) is 0. The molecule has 36 heavy (non-hydrogen) atoms. The standard InChI is InChI=1S/C28H33N3O4S/c1-21-9-12-24(13-10-21)36(33,34)31(25-14-11-22(2)19-23(25)3)20-28(32)30-17-15-29(16-18-30)26-7-5-6-8-27(26)35-4/h5-14,19H,15-18,20H2,1-4H3. The summed E-state index contributed by atoms with van der Waals surface area (Å²) in [5.41, 5.74) is 4.31. The molecule has 0 aromatic heterocycles. The van der Waals surface area contributed by atoms with Gasteiger partial charge in [0.1, 0.15) is 12.3 Å². The number of benzene rings is 3. The summed E-state index contributed by atoms with van der Waals surface area (Å²) in [5.74, 6) is 0.577. The fraction of sp³-hybridized carbons (Fsp3) is 0.321. The summed E-state index contributed by atoms with van der Waals surface area (Å²) in [6, 6.07) is 20.1. The average molecular weight is 508 g/mol. The molecule has 190 valence electrons. The lowest BCUT2D eigenvalue weighted by atomic mass is 10.1. The highest BCUT2D eigenvalue weighted by Gasteiger charge is 2.31. The molecule has 1 amide bonds. The predicted molar refractivity (Wildman–Crippen MR) is 143 cm³/mol. The van der Waals surface area contributed by atoms with Gasteiger partial charge in [-0.3, -0.25) is 9.10 Å². The Bertz CT molecular complexity index is 1330. The van der Waals surface area contributed by atoms with Crippen LogP contribution in [0.1, 0.15) is 16.7 Å². The number of rotatable bonds is 7. The Morgan fingerprint density at radius 3 is 2.17 bits per heavy atom. The van der Waals surface area contributed by atoms with Gasteiger partial charge in [-0.1, -0.05) is 47.5 Å². The molecule has 1 fully saturated rings. The molecule has 3 aromatic carbocycles. The zero-order valence-electron chi connectivity index (χ0n) is 21.3. The minimum Gasteiger partial charge on any atom is -0.495 e. The van der Waals surface area contributed by atoms with Crippen LogP contribution in [0, 0.1) is 20.8 Å². The Morgan fingerprint density at radius 1 is 0.889 bits per heavy atom. The van der Waals surface area contributed by atoms with Crippen molar-refractivity contribution < 1.29 is 17.9 Å². The number of amides is 1. The van der Waals surface area contributed by atoms with E-state index in [4.69, 9.17) is 4.74 Å². The predicted octanol–water partition coefficient (Wildman–Crippen LogP) is 4.16. The SMILES string of the molecule is COc1ccccc1N1CCN(C(=O)CN(c2ccc(C)cc2C)S(=O)(=O)c2ccc(C)cc2)CC1. The molecule has 0 radical (unpaired) electrons. The van der Waals surface area contributed by atoms with Gasteiger partial charge in [-0.25, -0.2) is 8.42 Å². The fourth-order valence-electron chi connectivity index (χ4n) is 4.53. The average Bonchev–Trinajstić information content (AvgIpc) is 2.88. The van der Waals surface area contributed by atoms with E-state index in [2.05, 4.69) is 4.90 Å². The van der Waals surface area contributed by atoms with Crippen LogP contribution in [-0.2, 0) is 14.8 Å². The van der Waals surface area contributed by atoms with E-state index in [1.165, 1.54) is 4.31 Å². The van der Waals surface area contributed by atoms with Crippen LogP contribution in [0.2, 0.25) is 0 Å². The zero-order valence-corrected chi connectivity index (χ0v) is 22.1. The van der Waals surface area contributed by atoms with Crippen molar-refractivity contribution in [1.29, 1.82) is 0 Å². The molecule has 0 N–H and O–H groups in total. The van der Waals surface area contributed by atoms with Crippen molar-refractivity contribution in [3.63, 3.8) is 0 Å². The fourth-order valence-corrected chi connectivity index (χ4v) is 6.01. The molecule has 0 bridgehead atoms. The van der Waals surface area contributed by atoms with E-state index in [-0.39, 0.29) is 17.3 Å². The number of piperazine rings is 1. The second kappa shape index (κ2) is 10.6. The number of ether oxygens (including phenoxy) is 1. The summed E-state index contributed by atoms with van der Waals surface area (Å²) < 4.78 is 34.2. The zero-order chi connectivity index (χ0) is 25.9. The molecule has 0 atom stereocenters. The molecule has 8 heteroatoms. The van der Waals surface area contributed by atoms with Gasteiger partial charge in [0.05, 0.1) is 23.4 Å². The van der Waals surface area contributed by atoms with Crippen molar-refractivity contribution in [3.8, 4) is 5.75 Å². The van der Waals surface area contributed by atoms with Crippen molar-refractivity contribution in [3.05, 3.63) is 83.4 Å². The number of hydrogen-bond acceptors (Lipinski definition) is 5. The lowest BCUT2D eigenvalue weighted by Gasteiger charge is -2.37. The molecule has 4 rings (SSSR count). The van der Waals surface area contributed by atoms with Gasteiger partial charge in [0.25, 0.3) is 10.0 Å². The Balaban J connectivity index is 1.56. The molecule has 0 aliphatic carbocycles. The molecule has 0 saturated carbocycles. The first-order valence-electron chi connectivity index (χ1n) is 12.0. The molecule has 0 unspecified atom stereocenters. The maximum Gasteiger partial charge on any atom is 0.264 e. The first-order valence-corrected chi connectivity index (χ1v) is 13.5. The van der Waals surface area contributed by atoms with E-state index in [1.54, 1.807) is 42.3 Å². The van der Waals surface area contributed by atoms with E-state index in [9.17, 15) is 13.2 Å². The molecule has 7 nitrogen and oxygen atoms in total. The monoisotopic (exact) mass is 507 g/mol. The van der Waals surface area contributed by atoms with Crippen LogP contribution < -0.4 is 13.9 Å². The summed E-state index contributed by atoms with van der Waals surface area (Å²) >= 11 is 0. The van der Waals surface area contributed by atoms with Gasteiger partial charge in [0, 0.05) is 26.2 Å². The minimum atomic E-state index is -3.94. The number of sulfonamides is 1. The number of anilines is 2. The highest BCUT2D eigenvalue weighted by atomic mass is 32.2. The maximum atomic E-state index is 13.7. The van der Waals surface area contributed by atoms with Gasteiger partial charge < -0.3 is 14.5 Å². The molecular weight excluding hydrogens is 474 g/mol. The third-order valence-electron chi connectivity index (χ3n) is 6.57. The highest BCUT2D eigenvalue weighted by molar-refractivity contribution is 7.92. The Hall–Kier alpha value is -3.52. The summed E-state index contributed by atoms with van der Waals surface area (Å²) in [4.78, 5) is 17.5. The second-order valence-corrected chi connectivity index (χ2v) is 11.0. The molecular formula is C28H33N3O4S. The van der Waals surface area contributed by atoms with Crippen LogP contribution in [0.3, 0.4) is 0 Å². The topological polar surface area (TPSA) is 70.2 Å². The molecule has 1 aliphatic rings. The molecule has 3 aromatic rings. The first-order chi connectivity index (χ1) is 17.2. The van der Waals surface area contributed by atoms with E-state index >= 15 is 0 Å². The van der Waals surface area contributed by atoms with Crippen LogP contribution in [0.15, 0.2) is 71.6 Å². The maximum absolute atomic E-state index is 13.7. The lowest BCUT2D eigenvalue weighted by molar-refractivity contribution is -0.129. The van der Waals surface area contributed by atoms with E-state index in [0.29, 0.717) is 31.9 Å². The minimum absolute atomic E-state index is 0.168. The number of aryl methyl sites for hydroxylation is 3. The molecule has 1 saturated heterocycles. The molecule has 1 aliphatic heterocycles. The van der Waals surface area contributed by atoms with E-state index in [0.717, 1.165) is 28.1 Å². The van der Waals surface area contributed by atoms with Gasteiger partial charge >= 0.3 is 0 Å². The largest absolute Gasteiger partial charge is 0.495 e. The van der Waals surface area contributed by atoms with E-state index < -0.39 is 10.0 Å². The Morgan fingerprint density at radius 2 is 1.53 bits per heavy atom. The van der Waals surface area contributed by atoms with Crippen molar-refractivity contribution in [1.82, 2.24) is 4.90 Å². The van der Waals surface area contributed by atoms with Crippen LogP contribution in [0.5, 0.6) is 5.75 Å². The number of carbonyl (C=O) groups is 1. The van der Waals surface area contributed by atoms with Crippen molar-refractivity contribution in [2.45, 2.75) is 25.7 Å². The van der Waals surface area contributed by atoms with Crippen LogP contribution in [0.4, 0.5) is 11.4 Å². The normalized spacial score (nSPS) is 14.0.